The number of aromatic hydroxyl groups is 1. The Hall–Kier alpha value is -1.18. The van der Waals surface area contributed by atoms with E-state index in [0.717, 1.165) is 0 Å². The van der Waals surface area contributed by atoms with Crippen molar-refractivity contribution in [3.8, 4) is 5.75 Å². The molecule has 0 unspecified atom stereocenters. The third-order valence-corrected chi connectivity index (χ3v) is 2.02. The highest BCUT2D eigenvalue weighted by molar-refractivity contribution is 6.31. The Bertz CT molecular complexity index is 420. The van der Waals surface area contributed by atoms with E-state index >= 15 is 0 Å². The summed E-state index contributed by atoms with van der Waals surface area (Å²) in [5.74, 6) is 0.150. The maximum atomic E-state index is 9.50. The third kappa shape index (κ3) is 4.24. The number of hydrogen-bond acceptors (Lipinski definition) is 1. The smallest absolute Gasteiger partial charge is 0.124 e. The highest BCUT2D eigenvalue weighted by atomic mass is 35.5. The van der Waals surface area contributed by atoms with Crippen LogP contribution in [0.2, 0.25) is 5.02 Å². The van der Waals surface area contributed by atoms with Crippen molar-refractivity contribution in [2.75, 3.05) is 0 Å². The van der Waals surface area contributed by atoms with E-state index in [2.05, 4.69) is 6.58 Å². The Morgan fingerprint density at radius 2 is 2.07 bits per heavy atom. The molecule has 0 saturated carbocycles. The average Bonchev–Trinajstić information content (AvgIpc) is 2.14. The number of phenols is 1. The van der Waals surface area contributed by atoms with Crippen molar-refractivity contribution >= 4 is 29.3 Å². The molecule has 1 aromatic carbocycles. The van der Waals surface area contributed by atoms with Gasteiger partial charge in [0.2, 0.25) is 0 Å². The number of benzene rings is 1. The molecule has 15 heavy (non-hydrogen) atoms. The van der Waals surface area contributed by atoms with E-state index in [9.17, 15) is 5.11 Å². The second kappa shape index (κ2) is 5.64. The van der Waals surface area contributed by atoms with Crippen molar-refractivity contribution < 1.29 is 5.11 Å². The molecular weight excluding hydrogens is 231 g/mol. The van der Waals surface area contributed by atoms with Crippen LogP contribution in [0.4, 0.5) is 0 Å². The molecule has 1 rings (SSSR count). The minimum Gasteiger partial charge on any atom is -0.507 e. The SMILES string of the molecule is C=C(Cl)/C=C/C=C/c1ccc(Cl)cc1O. The van der Waals surface area contributed by atoms with Crippen LogP contribution in [0.15, 0.2) is 48.0 Å². The fourth-order valence-corrected chi connectivity index (χ4v) is 1.22. The average molecular weight is 241 g/mol. The van der Waals surface area contributed by atoms with Crippen molar-refractivity contribution in [2.45, 2.75) is 0 Å². The lowest BCUT2D eigenvalue weighted by atomic mass is 10.2. The minimum atomic E-state index is 0.150. The van der Waals surface area contributed by atoms with E-state index in [-0.39, 0.29) is 5.75 Å². The van der Waals surface area contributed by atoms with E-state index in [0.29, 0.717) is 15.6 Å². The summed E-state index contributed by atoms with van der Waals surface area (Å²) in [6.45, 7) is 3.51. The van der Waals surface area contributed by atoms with E-state index in [1.807, 2.05) is 0 Å². The monoisotopic (exact) mass is 240 g/mol. The molecule has 0 fully saturated rings. The topological polar surface area (TPSA) is 20.2 Å². The molecule has 0 aromatic heterocycles. The zero-order valence-electron chi connectivity index (χ0n) is 7.95. The van der Waals surface area contributed by atoms with Crippen molar-refractivity contribution in [3.63, 3.8) is 0 Å². The van der Waals surface area contributed by atoms with Gasteiger partial charge in [-0.3, -0.25) is 0 Å². The van der Waals surface area contributed by atoms with Crippen LogP contribution in [0.25, 0.3) is 6.08 Å². The van der Waals surface area contributed by atoms with Crippen molar-refractivity contribution in [1.82, 2.24) is 0 Å². The van der Waals surface area contributed by atoms with Gasteiger partial charge in [0.1, 0.15) is 5.75 Å². The van der Waals surface area contributed by atoms with Crippen molar-refractivity contribution in [3.05, 3.63) is 58.6 Å². The predicted octanol–water partition coefficient (Wildman–Crippen LogP) is 4.37. The standard InChI is InChI=1S/C12H10Cl2O/c1-9(13)4-2-3-5-10-6-7-11(14)8-12(10)15/h2-8,15H,1H2/b4-2+,5-3+. The van der Waals surface area contributed by atoms with Gasteiger partial charge < -0.3 is 5.11 Å². The Morgan fingerprint density at radius 3 is 2.67 bits per heavy atom. The fraction of sp³-hybridized carbons (Fsp3) is 0. The van der Waals surface area contributed by atoms with Gasteiger partial charge >= 0.3 is 0 Å². The molecule has 0 heterocycles. The van der Waals surface area contributed by atoms with Gasteiger partial charge in [-0.05, 0) is 24.3 Å². The van der Waals surface area contributed by atoms with Gasteiger partial charge in [-0.2, -0.15) is 0 Å². The molecule has 0 saturated heterocycles. The molecular formula is C12H10Cl2O. The molecule has 0 bridgehead atoms. The number of hydrogen-bond donors (Lipinski definition) is 1. The summed E-state index contributed by atoms with van der Waals surface area (Å²) in [5, 5.41) is 10.5. The van der Waals surface area contributed by atoms with Crippen molar-refractivity contribution in [1.29, 1.82) is 0 Å². The van der Waals surface area contributed by atoms with Gasteiger partial charge in [0.15, 0.2) is 0 Å². The zero-order chi connectivity index (χ0) is 11.3. The summed E-state index contributed by atoms with van der Waals surface area (Å²) in [7, 11) is 0. The summed E-state index contributed by atoms with van der Waals surface area (Å²) >= 11 is 11.2. The Morgan fingerprint density at radius 1 is 1.33 bits per heavy atom. The van der Waals surface area contributed by atoms with Crippen LogP contribution >= 0.6 is 23.2 Å². The summed E-state index contributed by atoms with van der Waals surface area (Å²) < 4.78 is 0. The van der Waals surface area contributed by atoms with E-state index in [4.69, 9.17) is 23.2 Å². The van der Waals surface area contributed by atoms with Crippen LogP contribution < -0.4 is 0 Å². The first-order chi connectivity index (χ1) is 7.09. The Labute approximate surface area is 99.0 Å². The summed E-state index contributed by atoms with van der Waals surface area (Å²) in [6.07, 6.45) is 6.91. The molecule has 0 atom stereocenters. The second-order valence-corrected chi connectivity index (χ2v) is 3.79. The molecule has 0 aliphatic heterocycles. The maximum Gasteiger partial charge on any atom is 0.124 e. The van der Waals surface area contributed by atoms with Gasteiger partial charge in [0, 0.05) is 15.6 Å². The van der Waals surface area contributed by atoms with Crippen LogP contribution in [0.1, 0.15) is 5.56 Å². The van der Waals surface area contributed by atoms with Gasteiger partial charge in [0.05, 0.1) is 0 Å². The molecule has 0 aliphatic rings. The highest BCUT2D eigenvalue weighted by Gasteiger charge is 1.96. The summed E-state index contributed by atoms with van der Waals surface area (Å²) in [6, 6.07) is 4.94. The van der Waals surface area contributed by atoms with E-state index in [1.165, 1.54) is 6.07 Å². The quantitative estimate of drug-likeness (QED) is 0.779. The Balaban J connectivity index is 2.77. The van der Waals surface area contributed by atoms with Crippen molar-refractivity contribution in [2.24, 2.45) is 0 Å². The largest absolute Gasteiger partial charge is 0.507 e. The Kier molecular flexibility index (Phi) is 4.47. The first-order valence-corrected chi connectivity index (χ1v) is 5.03. The molecule has 1 aromatic rings. The molecule has 0 aliphatic carbocycles. The van der Waals surface area contributed by atoms with Crippen LogP contribution in [-0.4, -0.2) is 5.11 Å². The predicted molar refractivity (Wildman–Crippen MR) is 66.3 cm³/mol. The lowest BCUT2D eigenvalue weighted by Crippen LogP contribution is -1.73. The van der Waals surface area contributed by atoms with E-state index < -0.39 is 0 Å². The van der Waals surface area contributed by atoms with Gasteiger partial charge in [0.25, 0.3) is 0 Å². The zero-order valence-corrected chi connectivity index (χ0v) is 9.46. The lowest BCUT2D eigenvalue weighted by molar-refractivity contribution is 0.474. The summed E-state index contributed by atoms with van der Waals surface area (Å²) in [4.78, 5) is 0. The molecule has 3 heteroatoms. The van der Waals surface area contributed by atoms with Crippen LogP contribution in [0.3, 0.4) is 0 Å². The molecule has 0 spiro atoms. The first-order valence-electron chi connectivity index (χ1n) is 4.27. The number of rotatable bonds is 3. The number of halogens is 2. The van der Waals surface area contributed by atoms with Gasteiger partial charge in [-0.25, -0.2) is 0 Å². The number of phenolic OH excluding ortho intramolecular Hbond substituents is 1. The second-order valence-electron chi connectivity index (χ2n) is 2.87. The lowest BCUT2D eigenvalue weighted by Gasteiger charge is -1.98. The molecule has 1 N–H and O–H groups in total. The van der Waals surface area contributed by atoms with Crippen LogP contribution in [0, 0.1) is 0 Å². The molecule has 1 nitrogen and oxygen atoms in total. The highest BCUT2D eigenvalue weighted by Crippen LogP contribution is 2.22. The number of allylic oxidation sites excluding steroid dienone is 4. The fourth-order valence-electron chi connectivity index (χ4n) is 0.977. The minimum absolute atomic E-state index is 0.150. The molecule has 0 amide bonds. The maximum absolute atomic E-state index is 9.50. The first kappa shape index (κ1) is 11.9. The normalized spacial score (nSPS) is 11.3. The van der Waals surface area contributed by atoms with E-state index in [1.54, 1.807) is 36.4 Å². The van der Waals surface area contributed by atoms with Gasteiger partial charge in [-0.1, -0.05) is 48.0 Å². The van der Waals surface area contributed by atoms with Crippen LogP contribution in [0.5, 0.6) is 5.75 Å². The van der Waals surface area contributed by atoms with Crippen LogP contribution in [-0.2, 0) is 0 Å². The summed E-state index contributed by atoms with van der Waals surface area (Å²) in [5.41, 5.74) is 0.698. The molecule has 78 valence electrons. The third-order valence-electron chi connectivity index (χ3n) is 1.66. The van der Waals surface area contributed by atoms with Gasteiger partial charge in [-0.15, -0.1) is 0 Å². The molecule has 0 radical (unpaired) electrons.